The van der Waals surface area contributed by atoms with Gasteiger partial charge in [0, 0.05) is 16.7 Å². The summed E-state index contributed by atoms with van der Waals surface area (Å²) in [7, 11) is 1.43. The second-order valence-corrected chi connectivity index (χ2v) is 5.76. The van der Waals surface area contributed by atoms with Gasteiger partial charge in [0.1, 0.15) is 17.7 Å². The van der Waals surface area contributed by atoms with Crippen molar-refractivity contribution in [3.05, 3.63) is 62.3 Å². The standard InChI is InChI=1S/C15H13BrClFO2/c1-8-3-9(5-10(17)4-8)15(19)11-6-12(16)13(18)7-14(11)20-2/h3-7,15,19H,1-2H3. The van der Waals surface area contributed by atoms with Crippen LogP contribution in [0, 0.1) is 12.7 Å². The summed E-state index contributed by atoms with van der Waals surface area (Å²) in [6.07, 6.45) is -0.945. The number of benzene rings is 2. The van der Waals surface area contributed by atoms with E-state index in [-0.39, 0.29) is 10.2 Å². The topological polar surface area (TPSA) is 29.5 Å². The highest BCUT2D eigenvalue weighted by atomic mass is 79.9. The molecule has 2 aromatic carbocycles. The van der Waals surface area contributed by atoms with Crippen molar-refractivity contribution in [2.24, 2.45) is 0 Å². The van der Waals surface area contributed by atoms with Crippen LogP contribution in [-0.2, 0) is 0 Å². The van der Waals surface area contributed by atoms with Crippen molar-refractivity contribution < 1.29 is 14.2 Å². The summed E-state index contributed by atoms with van der Waals surface area (Å²) in [6.45, 7) is 1.89. The van der Waals surface area contributed by atoms with Crippen LogP contribution < -0.4 is 4.74 Å². The van der Waals surface area contributed by atoms with Crippen molar-refractivity contribution in [1.82, 2.24) is 0 Å². The SMILES string of the molecule is COc1cc(F)c(Br)cc1C(O)c1cc(C)cc(Cl)c1. The highest BCUT2D eigenvalue weighted by Crippen LogP contribution is 2.35. The third-order valence-corrected chi connectivity index (χ3v) is 3.77. The van der Waals surface area contributed by atoms with Crippen molar-refractivity contribution in [3.8, 4) is 5.75 Å². The molecule has 0 spiro atoms. The van der Waals surface area contributed by atoms with Crippen LogP contribution in [0.15, 0.2) is 34.8 Å². The summed E-state index contributed by atoms with van der Waals surface area (Å²) in [4.78, 5) is 0. The summed E-state index contributed by atoms with van der Waals surface area (Å²) >= 11 is 9.11. The molecule has 0 saturated carbocycles. The molecule has 0 aliphatic heterocycles. The van der Waals surface area contributed by atoms with Gasteiger partial charge in [0.2, 0.25) is 0 Å². The molecule has 2 aromatic rings. The van der Waals surface area contributed by atoms with E-state index in [1.807, 2.05) is 13.0 Å². The first-order chi connectivity index (χ1) is 9.42. The lowest BCUT2D eigenvalue weighted by molar-refractivity contribution is 0.214. The van der Waals surface area contributed by atoms with Crippen LogP contribution in [-0.4, -0.2) is 12.2 Å². The molecule has 0 aliphatic rings. The van der Waals surface area contributed by atoms with E-state index in [0.29, 0.717) is 16.1 Å². The molecular formula is C15H13BrClFO2. The Hall–Kier alpha value is -1.10. The highest BCUT2D eigenvalue weighted by molar-refractivity contribution is 9.10. The van der Waals surface area contributed by atoms with Crippen molar-refractivity contribution in [3.63, 3.8) is 0 Å². The zero-order chi connectivity index (χ0) is 14.9. The average Bonchev–Trinajstić information content (AvgIpc) is 2.39. The Kier molecular flexibility index (Phi) is 4.68. The molecule has 0 aliphatic carbocycles. The van der Waals surface area contributed by atoms with Crippen molar-refractivity contribution in [2.75, 3.05) is 7.11 Å². The molecule has 0 amide bonds. The van der Waals surface area contributed by atoms with E-state index in [1.54, 1.807) is 12.1 Å². The number of aliphatic hydroxyl groups excluding tert-OH is 1. The number of ether oxygens (including phenoxy) is 1. The van der Waals surface area contributed by atoms with Gasteiger partial charge < -0.3 is 9.84 Å². The predicted octanol–water partition coefficient (Wildman–Crippen LogP) is 4.64. The summed E-state index contributed by atoms with van der Waals surface area (Å²) < 4.78 is 18.9. The number of aryl methyl sites for hydroxylation is 1. The van der Waals surface area contributed by atoms with Crippen LogP contribution >= 0.6 is 27.5 Å². The minimum atomic E-state index is -0.945. The maximum atomic E-state index is 13.5. The Morgan fingerprint density at radius 1 is 1.25 bits per heavy atom. The van der Waals surface area contributed by atoms with Crippen LogP contribution in [0.25, 0.3) is 0 Å². The Balaban J connectivity index is 2.52. The summed E-state index contributed by atoms with van der Waals surface area (Å²) in [5.41, 5.74) is 2.04. The maximum absolute atomic E-state index is 13.5. The zero-order valence-electron chi connectivity index (χ0n) is 11.0. The van der Waals surface area contributed by atoms with Crippen molar-refractivity contribution in [2.45, 2.75) is 13.0 Å². The average molecular weight is 360 g/mol. The Labute approximate surface area is 130 Å². The fourth-order valence-corrected chi connectivity index (χ4v) is 2.70. The second kappa shape index (κ2) is 6.12. The summed E-state index contributed by atoms with van der Waals surface area (Å²) in [6, 6.07) is 8.05. The molecule has 0 bridgehead atoms. The number of hydrogen-bond donors (Lipinski definition) is 1. The lowest BCUT2D eigenvalue weighted by atomic mass is 9.99. The van der Waals surface area contributed by atoms with E-state index < -0.39 is 11.9 Å². The van der Waals surface area contributed by atoms with Gasteiger partial charge in [-0.2, -0.15) is 0 Å². The predicted molar refractivity (Wildman–Crippen MR) is 80.9 cm³/mol. The molecule has 1 atom stereocenters. The van der Waals surface area contributed by atoms with Crippen LogP contribution in [0.3, 0.4) is 0 Å². The molecule has 0 radical (unpaired) electrons. The Morgan fingerprint density at radius 3 is 2.55 bits per heavy atom. The van der Waals surface area contributed by atoms with Gasteiger partial charge in [0.15, 0.2) is 0 Å². The minimum absolute atomic E-state index is 0.270. The van der Waals surface area contributed by atoms with Gasteiger partial charge in [0.05, 0.1) is 11.6 Å². The molecule has 0 aromatic heterocycles. The van der Waals surface area contributed by atoms with E-state index in [0.717, 1.165) is 5.56 Å². The monoisotopic (exact) mass is 358 g/mol. The van der Waals surface area contributed by atoms with Gasteiger partial charge in [-0.15, -0.1) is 0 Å². The lowest BCUT2D eigenvalue weighted by Gasteiger charge is -2.17. The first-order valence-electron chi connectivity index (χ1n) is 5.90. The zero-order valence-corrected chi connectivity index (χ0v) is 13.3. The van der Waals surface area contributed by atoms with Gasteiger partial charge >= 0.3 is 0 Å². The molecule has 20 heavy (non-hydrogen) atoms. The first-order valence-corrected chi connectivity index (χ1v) is 7.07. The first kappa shape index (κ1) is 15.3. The second-order valence-electron chi connectivity index (χ2n) is 4.47. The molecule has 2 rings (SSSR count). The number of halogens is 3. The number of aliphatic hydroxyl groups is 1. The van der Waals surface area contributed by atoms with Crippen LogP contribution in [0.5, 0.6) is 5.75 Å². The number of methoxy groups -OCH3 is 1. The Morgan fingerprint density at radius 2 is 1.95 bits per heavy atom. The molecule has 2 nitrogen and oxygen atoms in total. The molecular weight excluding hydrogens is 347 g/mol. The molecule has 0 heterocycles. The molecule has 0 fully saturated rings. The van der Waals surface area contributed by atoms with Crippen molar-refractivity contribution in [1.29, 1.82) is 0 Å². The smallest absolute Gasteiger partial charge is 0.141 e. The molecule has 0 saturated heterocycles. The van der Waals surface area contributed by atoms with E-state index in [2.05, 4.69) is 15.9 Å². The van der Waals surface area contributed by atoms with Gasteiger partial charge in [-0.05, 0) is 52.2 Å². The fourth-order valence-electron chi connectivity index (χ4n) is 2.04. The molecule has 1 unspecified atom stereocenters. The molecule has 5 heteroatoms. The van der Waals surface area contributed by atoms with Crippen LogP contribution in [0.2, 0.25) is 5.02 Å². The number of hydrogen-bond acceptors (Lipinski definition) is 2. The Bertz CT molecular complexity index is 626. The largest absolute Gasteiger partial charge is 0.496 e. The quantitative estimate of drug-likeness (QED) is 0.865. The van der Waals surface area contributed by atoms with Gasteiger partial charge in [-0.25, -0.2) is 4.39 Å². The van der Waals surface area contributed by atoms with E-state index in [1.165, 1.54) is 19.2 Å². The van der Waals surface area contributed by atoms with Gasteiger partial charge in [-0.3, -0.25) is 0 Å². The third kappa shape index (κ3) is 3.14. The minimum Gasteiger partial charge on any atom is -0.496 e. The van der Waals surface area contributed by atoms with Gasteiger partial charge in [-0.1, -0.05) is 17.7 Å². The van der Waals surface area contributed by atoms with E-state index in [9.17, 15) is 9.50 Å². The summed E-state index contributed by atoms with van der Waals surface area (Å²) in [5.74, 6) is -0.157. The number of rotatable bonds is 3. The molecule has 1 N–H and O–H groups in total. The van der Waals surface area contributed by atoms with Crippen LogP contribution in [0.4, 0.5) is 4.39 Å². The normalized spacial score (nSPS) is 12.3. The van der Waals surface area contributed by atoms with E-state index >= 15 is 0 Å². The lowest BCUT2D eigenvalue weighted by Crippen LogP contribution is -2.04. The van der Waals surface area contributed by atoms with Crippen molar-refractivity contribution >= 4 is 27.5 Å². The van der Waals surface area contributed by atoms with Gasteiger partial charge in [0.25, 0.3) is 0 Å². The van der Waals surface area contributed by atoms with Crippen LogP contribution in [0.1, 0.15) is 22.8 Å². The third-order valence-electron chi connectivity index (χ3n) is 2.95. The fraction of sp³-hybridized carbons (Fsp3) is 0.200. The maximum Gasteiger partial charge on any atom is 0.141 e. The summed E-state index contributed by atoms with van der Waals surface area (Å²) in [5, 5.41) is 11.0. The van der Waals surface area contributed by atoms with E-state index in [4.69, 9.17) is 16.3 Å². The molecule has 106 valence electrons. The highest BCUT2D eigenvalue weighted by Gasteiger charge is 2.18.